The molecule has 0 aromatic heterocycles. The van der Waals surface area contributed by atoms with Crippen LogP contribution in [0.4, 0.5) is 13.2 Å². The van der Waals surface area contributed by atoms with E-state index in [1.54, 1.807) is 6.07 Å². The molecule has 0 spiro atoms. The monoisotopic (exact) mass is 290 g/mol. The van der Waals surface area contributed by atoms with Gasteiger partial charge in [0.15, 0.2) is 0 Å². The van der Waals surface area contributed by atoms with E-state index in [0.717, 1.165) is 16.8 Å². The van der Waals surface area contributed by atoms with Gasteiger partial charge in [-0.2, -0.15) is 13.2 Å². The molecule has 1 heterocycles. The second kappa shape index (κ2) is 5.24. The Morgan fingerprint density at radius 3 is 2.52 bits per heavy atom. The summed E-state index contributed by atoms with van der Waals surface area (Å²) in [6.07, 6.45) is -3.31. The summed E-state index contributed by atoms with van der Waals surface area (Å²) in [5.74, 6) is 0. The summed E-state index contributed by atoms with van der Waals surface area (Å²) in [7, 11) is 0. The lowest BCUT2D eigenvalue weighted by atomic mass is 10.0. The third-order valence-corrected chi connectivity index (χ3v) is 3.34. The first-order chi connectivity index (χ1) is 10.0. The average molecular weight is 290 g/mol. The van der Waals surface area contributed by atoms with Gasteiger partial charge in [0.1, 0.15) is 5.70 Å². The number of benzene rings is 2. The molecule has 5 heteroatoms. The van der Waals surface area contributed by atoms with Crippen molar-refractivity contribution in [3.63, 3.8) is 0 Å². The van der Waals surface area contributed by atoms with Crippen LogP contribution in [0.15, 0.2) is 59.2 Å². The highest BCUT2D eigenvalue weighted by Crippen LogP contribution is 2.25. The maximum Gasteiger partial charge on any atom is 0.430 e. The minimum absolute atomic E-state index is 0.183. The molecule has 108 valence electrons. The van der Waals surface area contributed by atoms with E-state index in [-0.39, 0.29) is 6.54 Å². The van der Waals surface area contributed by atoms with Gasteiger partial charge in [-0.25, -0.2) is 0 Å². The summed E-state index contributed by atoms with van der Waals surface area (Å²) >= 11 is 0. The van der Waals surface area contributed by atoms with Gasteiger partial charge in [0.05, 0.1) is 12.3 Å². The lowest BCUT2D eigenvalue weighted by molar-refractivity contribution is -0.0964. The molecule has 0 unspecified atom stereocenters. The molecule has 0 saturated carbocycles. The third-order valence-electron chi connectivity index (χ3n) is 3.34. The van der Waals surface area contributed by atoms with Gasteiger partial charge >= 0.3 is 6.18 Å². The normalized spacial score (nSPS) is 16.0. The van der Waals surface area contributed by atoms with Crippen LogP contribution in [0.2, 0.25) is 0 Å². The second-order valence-electron chi connectivity index (χ2n) is 4.81. The van der Waals surface area contributed by atoms with Crippen LogP contribution in [0, 0.1) is 0 Å². The number of hydrogen-bond acceptors (Lipinski definition) is 2. The number of alkyl halides is 3. The predicted molar refractivity (Wildman–Crippen MR) is 77.5 cm³/mol. The lowest BCUT2D eigenvalue weighted by Crippen LogP contribution is -2.27. The van der Waals surface area contributed by atoms with E-state index < -0.39 is 11.9 Å². The molecule has 2 aromatic rings. The number of hydrogen-bond donors (Lipinski definition) is 1. The van der Waals surface area contributed by atoms with Crippen molar-refractivity contribution in [3.8, 4) is 0 Å². The van der Waals surface area contributed by atoms with E-state index in [1.807, 2.05) is 36.4 Å². The van der Waals surface area contributed by atoms with E-state index in [2.05, 4.69) is 10.3 Å². The molecular formula is C16H13F3N2. The van der Waals surface area contributed by atoms with E-state index >= 15 is 0 Å². The van der Waals surface area contributed by atoms with E-state index in [1.165, 1.54) is 0 Å². The standard InChI is InChI=1S/C16H13F3N2/c17-16(18,19)15-10-14(20-7-8-21-15)13-6-5-11-3-1-2-4-12(11)9-13/h1-6,9-10,21H,7-8H2. The van der Waals surface area contributed by atoms with Crippen molar-refractivity contribution in [3.05, 3.63) is 59.8 Å². The molecule has 0 bridgehead atoms. The van der Waals surface area contributed by atoms with Crippen molar-refractivity contribution in [1.29, 1.82) is 0 Å². The maximum atomic E-state index is 12.9. The van der Waals surface area contributed by atoms with E-state index in [9.17, 15) is 13.2 Å². The van der Waals surface area contributed by atoms with Crippen LogP contribution in [0.25, 0.3) is 10.8 Å². The zero-order chi connectivity index (χ0) is 14.9. The van der Waals surface area contributed by atoms with E-state index in [0.29, 0.717) is 17.8 Å². The lowest BCUT2D eigenvalue weighted by Gasteiger charge is -2.11. The second-order valence-corrected chi connectivity index (χ2v) is 4.81. The fraction of sp³-hybridized carbons (Fsp3) is 0.188. The molecule has 0 radical (unpaired) electrons. The highest BCUT2D eigenvalue weighted by Gasteiger charge is 2.34. The Morgan fingerprint density at radius 1 is 1.00 bits per heavy atom. The van der Waals surface area contributed by atoms with Crippen LogP contribution in [0.1, 0.15) is 5.56 Å². The number of allylic oxidation sites excluding steroid dienone is 2. The molecular weight excluding hydrogens is 277 g/mol. The first kappa shape index (κ1) is 13.7. The fourth-order valence-electron chi connectivity index (χ4n) is 2.31. The van der Waals surface area contributed by atoms with Crippen LogP contribution in [0.3, 0.4) is 0 Å². The van der Waals surface area contributed by atoms with Crippen molar-refractivity contribution in [1.82, 2.24) is 5.32 Å². The molecule has 0 atom stereocenters. The molecule has 3 rings (SSSR count). The van der Waals surface area contributed by atoms with Crippen molar-refractivity contribution in [2.75, 3.05) is 13.1 Å². The van der Waals surface area contributed by atoms with Crippen molar-refractivity contribution < 1.29 is 13.2 Å². The topological polar surface area (TPSA) is 24.4 Å². The van der Waals surface area contributed by atoms with Gasteiger partial charge in [-0.15, -0.1) is 0 Å². The van der Waals surface area contributed by atoms with Gasteiger partial charge in [-0.3, -0.25) is 4.99 Å². The Kier molecular flexibility index (Phi) is 3.41. The van der Waals surface area contributed by atoms with Gasteiger partial charge in [-0.05, 0) is 22.9 Å². The Morgan fingerprint density at radius 2 is 1.76 bits per heavy atom. The van der Waals surface area contributed by atoms with Crippen molar-refractivity contribution >= 4 is 16.5 Å². The maximum absolute atomic E-state index is 12.9. The fourth-order valence-corrected chi connectivity index (χ4v) is 2.31. The smallest absolute Gasteiger partial charge is 0.379 e. The number of nitrogens with zero attached hydrogens (tertiary/aromatic N) is 1. The minimum atomic E-state index is -4.39. The highest BCUT2D eigenvalue weighted by molar-refractivity contribution is 6.11. The number of aliphatic imine (C=N–C) groups is 1. The Hall–Kier alpha value is -2.30. The molecule has 1 N–H and O–H groups in total. The van der Waals surface area contributed by atoms with Crippen molar-refractivity contribution in [2.24, 2.45) is 4.99 Å². The minimum Gasteiger partial charge on any atom is -0.379 e. The quantitative estimate of drug-likeness (QED) is 0.851. The molecule has 2 nitrogen and oxygen atoms in total. The van der Waals surface area contributed by atoms with Gasteiger partial charge in [0, 0.05) is 12.1 Å². The first-order valence-electron chi connectivity index (χ1n) is 6.60. The Balaban J connectivity index is 2.05. The molecule has 0 saturated heterocycles. The summed E-state index contributed by atoms with van der Waals surface area (Å²) in [4.78, 5) is 4.24. The van der Waals surface area contributed by atoms with Crippen LogP contribution in [0.5, 0.6) is 0 Å². The first-order valence-corrected chi connectivity index (χ1v) is 6.60. The number of fused-ring (bicyclic) bond motifs is 1. The number of nitrogens with one attached hydrogen (secondary N) is 1. The molecule has 1 aliphatic heterocycles. The van der Waals surface area contributed by atoms with Gasteiger partial charge in [0.25, 0.3) is 0 Å². The summed E-state index contributed by atoms with van der Waals surface area (Å²) < 4.78 is 38.6. The van der Waals surface area contributed by atoms with Crippen LogP contribution < -0.4 is 5.32 Å². The molecule has 0 aliphatic carbocycles. The van der Waals surface area contributed by atoms with Crippen LogP contribution in [-0.2, 0) is 0 Å². The zero-order valence-electron chi connectivity index (χ0n) is 11.1. The Labute approximate surface area is 120 Å². The summed E-state index contributed by atoms with van der Waals surface area (Å²) in [6, 6.07) is 13.3. The predicted octanol–water partition coefficient (Wildman–Crippen LogP) is 3.68. The summed E-state index contributed by atoms with van der Waals surface area (Å²) in [5, 5.41) is 4.41. The summed E-state index contributed by atoms with van der Waals surface area (Å²) in [5.41, 5.74) is 0.309. The van der Waals surface area contributed by atoms with Crippen molar-refractivity contribution in [2.45, 2.75) is 6.18 Å². The van der Waals surface area contributed by atoms with Gasteiger partial charge in [0.2, 0.25) is 0 Å². The molecule has 0 amide bonds. The molecule has 2 aromatic carbocycles. The Bertz CT molecular complexity index is 730. The SMILES string of the molecule is FC(F)(F)C1=CC(c2ccc3ccccc3c2)=NCCN1. The molecule has 1 aliphatic rings. The van der Waals surface area contributed by atoms with Gasteiger partial charge < -0.3 is 5.32 Å². The molecule has 0 fully saturated rings. The largest absolute Gasteiger partial charge is 0.430 e. The zero-order valence-corrected chi connectivity index (χ0v) is 11.1. The summed E-state index contributed by atoms with van der Waals surface area (Å²) in [6.45, 7) is 0.501. The van der Waals surface area contributed by atoms with Gasteiger partial charge in [-0.1, -0.05) is 36.4 Å². The van der Waals surface area contributed by atoms with E-state index in [4.69, 9.17) is 0 Å². The van der Waals surface area contributed by atoms with Crippen LogP contribution in [-0.4, -0.2) is 25.0 Å². The highest BCUT2D eigenvalue weighted by atomic mass is 19.4. The van der Waals surface area contributed by atoms with Crippen LogP contribution >= 0.6 is 0 Å². The average Bonchev–Trinajstić information content (AvgIpc) is 2.72. The molecule has 21 heavy (non-hydrogen) atoms. The number of rotatable bonds is 1. The third kappa shape index (κ3) is 2.91. The number of halogens is 3.